The van der Waals surface area contributed by atoms with Crippen LogP contribution in [0, 0.1) is 39.4 Å². The molecule has 37 heavy (non-hydrogen) atoms. The number of fused-ring (bicyclic) bond motifs is 5. The van der Waals surface area contributed by atoms with Crippen LogP contribution in [-0.2, 0) is 14.3 Å². The van der Waals surface area contributed by atoms with Gasteiger partial charge in [-0.05, 0) is 96.0 Å². The lowest BCUT2D eigenvalue weighted by Gasteiger charge is -2.61. The number of carbonyl (C=O) groups is 2. The number of hydrogen-bond acceptors (Lipinski definition) is 4. The molecular formula is C32H48O5. The Hall–Kier alpha value is -1.88. The summed E-state index contributed by atoms with van der Waals surface area (Å²) in [6.07, 6.45) is 12.6. The molecule has 0 aromatic rings. The number of hydrogen-bond donors (Lipinski definition) is 2. The van der Waals surface area contributed by atoms with Gasteiger partial charge >= 0.3 is 11.9 Å². The fraction of sp³-hybridized carbons (Fsp3) is 0.750. The molecule has 2 N–H and O–H groups in total. The molecule has 0 aliphatic heterocycles. The average molecular weight is 513 g/mol. The second-order valence-corrected chi connectivity index (χ2v) is 13.9. The van der Waals surface area contributed by atoms with Crippen LogP contribution in [0.2, 0.25) is 0 Å². The number of aliphatic hydroxyl groups excluding tert-OH is 1. The van der Waals surface area contributed by atoms with Gasteiger partial charge in [0.05, 0.1) is 6.10 Å². The summed E-state index contributed by atoms with van der Waals surface area (Å²) < 4.78 is 5.81. The van der Waals surface area contributed by atoms with Crippen LogP contribution < -0.4 is 0 Å². The van der Waals surface area contributed by atoms with E-state index in [0.29, 0.717) is 18.3 Å². The second-order valence-electron chi connectivity index (χ2n) is 13.9. The van der Waals surface area contributed by atoms with Gasteiger partial charge < -0.3 is 14.9 Å². The van der Waals surface area contributed by atoms with Crippen LogP contribution in [0.3, 0.4) is 0 Å². The minimum atomic E-state index is -0.936. The largest absolute Gasteiger partial charge is 0.478 e. The fourth-order valence-electron chi connectivity index (χ4n) is 9.10. The van der Waals surface area contributed by atoms with Crippen molar-refractivity contribution >= 4 is 11.9 Å². The van der Waals surface area contributed by atoms with E-state index < -0.39 is 5.97 Å². The number of rotatable bonds is 6. The summed E-state index contributed by atoms with van der Waals surface area (Å²) in [7, 11) is 0. The average Bonchev–Trinajstić information content (AvgIpc) is 3.09. The van der Waals surface area contributed by atoms with Crippen molar-refractivity contribution in [3.8, 4) is 0 Å². The van der Waals surface area contributed by atoms with Crippen molar-refractivity contribution < 1.29 is 24.5 Å². The van der Waals surface area contributed by atoms with Crippen molar-refractivity contribution in [3.63, 3.8) is 0 Å². The lowest BCUT2D eigenvalue weighted by molar-refractivity contribution is -0.151. The predicted molar refractivity (Wildman–Crippen MR) is 146 cm³/mol. The molecule has 0 saturated heterocycles. The minimum Gasteiger partial charge on any atom is -0.478 e. The Bertz CT molecular complexity index is 1050. The van der Waals surface area contributed by atoms with Crippen molar-refractivity contribution in [1.29, 1.82) is 0 Å². The van der Waals surface area contributed by atoms with Crippen LogP contribution in [0.4, 0.5) is 0 Å². The monoisotopic (exact) mass is 512 g/mol. The number of aliphatic carboxylic acids is 1. The standard InChI is InChI=1S/C32H48O5/c1-19(28(35)36)9-11-25(37-21(3)33)20(2)22-13-17-32(8)24-10-12-26-29(4,5)27(34)15-16-30(26,6)23(24)14-18-31(22,32)7/h9-10,14,20,22,25-27,34H,11-13,15-18H2,1-8H3,(H,35,36)/b19-9+/t20-,22+,25-,26-,27-,30+,31+,32-/m0/s1. The van der Waals surface area contributed by atoms with E-state index in [1.165, 1.54) is 18.1 Å². The molecule has 0 unspecified atom stereocenters. The molecule has 4 aliphatic rings. The Morgan fingerprint density at radius 3 is 2.38 bits per heavy atom. The van der Waals surface area contributed by atoms with Crippen LogP contribution in [0.15, 0.2) is 34.9 Å². The summed E-state index contributed by atoms with van der Waals surface area (Å²) in [6, 6.07) is 0. The lowest BCUT2D eigenvalue weighted by Crippen LogP contribution is -2.54. The molecule has 0 spiro atoms. The molecule has 5 heteroatoms. The molecule has 4 aliphatic carbocycles. The van der Waals surface area contributed by atoms with E-state index in [1.807, 2.05) is 0 Å². The molecule has 8 atom stereocenters. The topological polar surface area (TPSA) is 83.8 Å². The van der Waals surface area contributed by atoms with Gasteiger partial charge in [-0.1, -0.05) is 59.8 Å². The van der Waals surface area contributed by atoms with Crippen LogP contribution in [0.25, 0.3) is 0 Å². The van der Waals surface area contributed by atoms with Gasteiger partial charge in [0.2, 0.25) is 0 Å². The summed E-state index contributed by atoms with van der Waals surface area (Å²) >= 11 is 0. The summed E-state index contributed by atoms with van der Waals surface area (Å²) in [6.45, 7) is 17.1. The predicted octanol–water partition coefficient (Wildman–Crippen LogP) is 6.86. The Kier molecular flexibility index (Phi) is 7.14. The summed E-state index contributed by atoms with van der Waals surface area (Å²) in [5.74, 6) is -0.352. The van der Waals surface area contributed by atoms with Crippen LogP contribution in [0.5, 0.6) is 0 Å². The second kappa shape index (κ2) is 9.39. The molecule has 0 radical (unpaired) electrons. The van der Waals surface area contributed by atoms with Crippen LogP contribution in [-0.4, -0.2) is 34.4 Å². The molecule has 0 bridgehead atoms. The van der Waals surface area contributed by atoms with Crippen molar-refractivity contribution in [2.75, 3.05) is 0 Å². The van der Waals surface area contributed by atoms with Crippen LogP contribution >= 0.6 is 0 Å². The zero-order valence-electron chi connectivity index (χ0n) is 24.2. The maximum absolute atomic E-state index is 12.0. The molecule has 0 amide bonds. The third-order valence-corrected chi connectivity index (χ3v) is 11.8. The van der Waals surface area contributed by atoms with Crippen molar-refractivity contribution in [2.45, 2.75) is 113 Å². The maximum Gasteiger partial charge on any atom is 0.330 e. The Balaban J connectivity index is 1.67. The molecule has 0 aromatic carbocycles. The van der Waals surface area contributed by atoms with Crippen LogP contribution in [0.1, 0.15) is 100 Å². The number of esters is 1. The summed E-state index contributed by atoms with van der Waals surface area (Å²) in [5.41, 5.74) is 3.37. The Morgan fingerprint density at radius 1 is 1.08 bits per heavy atom. The van der Waals surface area contributed by atoms with E-state index in [-0.39, 0.29) is 51.3 Å². The summed E-state index contributed by atoms with van der Waals surface area (Å²) in [5, 5.41) is 20.1. The van der Waals surface area contributed by atoms with E-state index in [2.05, 4.69) is 53.7 Å². The van der Waals surface area contributed by atoms with Gasteiger partial charge in [0.25, 0.3) is 0 Å². The molecule has 4 rings (SSSR count). The number of ether oxygens (including phenoxy) is 1. The SMILES string of the molecule is CC(=O)O[C@@H](C/C=C(\C)C(=O)O)[C@@H](C)[C@H]1CC[C@@]2(C)C3=CC[C@H]4C(C)(C)[C@@H](O)CC[C@]4(C)C3=CC[C@]12C. The van der Waals surface area contributed by atoms with E-state index >= 15 is 0 Å². The van der Waals surface area contributed by atoms with Gasteiger partial charge in [-0.3, -0.25) is 4.79 Å². The van der Waals surface area contributed by atoms with E-state index in [0.717, 1.165) is 38.5 Å². The third kappa shape index (κ3) is 4.24. The molecule has 5 nitrogen and oxygen atoms in total. The van der Waals surface area contributed by atoms with Gasteiger partial charge in [0.15, 0.2) is 0 Å². The van der Waals surface area contributed by atoms with Crippen molar-refractivity contribution in [1.82, 2.24) is 0 Å². The Labute approximate surface area is 223 Å². The molecule has 2 saturated carbocycles. The van der Waals surface area contributed by atoms with Gasteiger partial charge in [-0.15, -0.1) is 0 Å². The first-order valence-electron chi connectivity index (χ1n) is 14.3. The number of carboxylic acids is 1. The third-order valence-electron chi connectivity index (χ3n) is 11.8. The molecule has 0 heterocycles. The number of carboxylic acid groups (broad SMARTS) is 1. The fourth-order valence-corrected chi connectivity index (χ4v) is 9.10. The van der Waals surface area contributed by atoms with Crippen molar-refractivity contribution in [3.05, 3.63) is 34.9 Å². The van der Waals surface area contributed by atoms with Gasteiger partial charge in [-0.25, -0.2) is 4.79 Å². The highest BCUT2D eigenvalue weighted by atomic mass is 16.5. The molecule has 206 valence electrons. The van der Waals surface area contributed by atoms with E-state index in [9.17, 15) is 19.8 Å². The maximum atomic E-state index is 12.0. The highest BCUT2D eigenvalue weighted by molar-refractivity contribution is 5.85. The van der Waals surface area contributed by atoms with Gasteiger partial charge in [0.1, 0.15) is 6.10 Å². The number of allylic oxidation sites excluding steroid dienone is 4. The Morgan fingerprint density at radius 2 is 1.76 bits per heavy atom. The van der Waals surface area contributed by atoms with Gasteiger partial charge in [0, 0.05) is 18.9 Å². The highest BCUT2D eigenvalue weighted by Gasteiger charge is 2.63. The number of carbonyl (C=O) groups excluding carboxylic acids is 1. The zero-order chi connectivity index (χ0) is 27.6. The first kappa shape index (κ1) is 28.1. The normalized spacial score (nSPS) is 40.4. The van der Waals surface area contributed by atoms with Gasteiger partial charge in [-0.2, -0.15) is 0 Å². The first-order valence-corrected chi connectivity index (χ1v) is 14.3. The van der Waals surface area contributed by atoms with E-state index in [4.69, 9.17) is 4.74 Å². The summed E-state index contributed by atoms with van der Waals surface area (Å²) in [4.78, 5) is 23.4. The zero-order valence-corrected chi connectivity index (χ0v) is 24.2. The lowest BCUT2D eigenvalue weighted by atomic mass is 9.44. The molecule has 0 aromatic heterocycles. The highest BCUT2D eigenvalue weighted by Crippen LogP contribution is 2.71. The number of aliphatic hydroxyl groups is 1. The quantitative estimate of drug-likeness (QED) is 0.300. The van der Waals surface area contributed by atoms with Crippen molar-refractivity contribution in [2.24, 2.45) is 39.4 Å². The first-order chi connectivity index (χ1) is 17.1. The van der Waals surface area contributed by atoms with E-state index in [1.54, 1.807) is 13.0 Å². The smallest absolute Gasteiger partial charge is 0.330 e. The molecule has 2 fully saturated rings. The molecular weight excluding hydrogens is 464 g/mol. The minimum absolute atomic E-state index is 0.0264.